The number of rotatable bonds is 57. The molecular weight excluding hydrogens is 1240 g/mol. The highest BCUT2D eigenvalue weighted by Gasteiger charge is 2.58. The van der Waals surface area contributed by atoms with E-state index in [0.29, 0.717) is 19.3 Å². The van der Waals surface area contributed by atoms with E-state index >= 15 is 0 Å². The van der Waals surface area contributed by atoms with Crippen LogP contribution in [-0.4, -0.2) is 204 Å². The van der Waals surface area contributed by atoms with E-state index < -0.39 is 156 Å². The molecule has 18 unspecified atom stereocenters. The third kappa shape index (κ3) is 35.3. The average Bonchev–Trinajstić information content (AvgIpc) is 0.764. The van der Waals surface area contributed by atoms with E-state index in [1.807, 2.05) is 0 Å². The Morgan fingerprint density at radius 3 is 1.04 bits per heavy atom. The second-order valence-corrected chi connectivity index (χ2v) is 28.1. The Hall–Kier alpha value is -2.04. The minimum absolute atomic E-state index is 0.0331. The lowest BCUT2D eigenvalue weighted by Gasteiger charge is -2.49. The van der Waals surface area contributed by atoms with Crippen LogP contribution in [0, 0.1) is 0 Å². The number of esters is 3. The second-order valence-electron chi connectivity index (χ2n) is 26.7. The maximum Gasteiger partial charge on any atom is 0.472 e. The van der Waals surface area contributed by atoms with Crippen molar-refractivity contribution >= 4 is 25.7 Å². The van der Waals surface area contributed by atoms with E-state index in [1.165, 1.54) is 141 Å². The van der Waals surface area contributed by atoms with Crippen molar-refractivity contribution in [2.75, 3.05) is 26.4 Å². The van der Waals surface area contributed by atoms with Crippen molar-refractivity contribution in [3.63, 3.8) is 0 Å². The van der Waals surface area contributed by atoms with Crippen LogP contribution in [-0.2, 0) is 61.2 Å². The lowest BCUT2D eigenvalue weighted by atomic mass is 9.84. The fraction of sp³-hybridized carbons (Fsp3) is 0.957. The predicted octanol–water partition coefficient (Wildman–Crippen LogP) is 9.40. The van der Waals surface area contributed by atoms with Crippen LogP contribution < -0.4 is 0 Å². The molecule has 24 nitrogen and oxygen atoms in total. The van der Waals surface area contributed by atoms with Gasteiger partial charge >= 0.3 is 25.7 Å². The van der Waals surface area contributed by atoms with Crippen LogP contribution >= 0.6 is 7.82 Å². The van der Waals surface area contributed by atoms with E-state index in [9.17, 15) is 74.9 Å². The first-order chi connectivity index (χ1) is 45.3. The van der Waals surface area contributed by atoms with Crippen molar-refractivity contribution in [2.24, 2.45) is 0 Å². The number of carbonyl (C=O) groups is 3. The monoisotopic (exact) mass is 1370 g/mol. The molecule has 0 aromatic rings. The summed E-state index contributed by atoms with van der Waals surface area (Å²) >= 11 is 0. The minimum atomic E-state index is -5.69. The van der Waals surface area contributed by atoms with Gasteiger partial charge in [0.2, 0.25) is 0 Å². The molecule has 0 spiro atoms. The number of hydrogen-bond donors (Lipinski definition) is 11. The maximum absolute atomic E-state index is 14.3. The number of phosphoric ester groups is 1. The smallest absolute Gasteiger partial charge is 0.463 e. The first-order valence-corrected chi connectivity index (χ1v) is 38.3. The van der Waals surface area contributed by atoms with Crippen molar-refractivity contribution in [2.45, 2.75) is 395 Å². The molecule has 2 aliphatic heterocycles. The van der Waals surface area contributed by atoms with Gasteiger partial charge in [-0.3, -0.25) is 23.4 Å². The zero-order valence-electron chi connectivity index (χ0n) is 57.5. The molecule has 3 rings (SSSR count). The zero-order chi connectivity index (χ0) is 68.9. The molecule has 2 saturated heterocycles. The Morgan fingerprint density at radius 1 is 0.372 bits per heavy atom. The van der Waals surface area contributed by atoms with Crippen LogP contribution in [0.25, 0.3) is 0 Å². The number of aliphatic hydroxyl groups is 10. The summed E-state index contributed by atoms with van der Waals surface area (Å²) < 4.78 is 64.9. The lowest BCUT2D eigenvalue weighted by Crippen LogP contribution is -2.69. The van der Waals surface area contributed by atoms with Crippen LogP contribution in [0.5, 0.6) is 0 Å². The van der Waals surface area contributed by atoms with Crippen molar-refractivity contribution in [3.8, 4) is 0 Å². The molecule has 0 aromatic carbocycles. The van der Waals surface area contributed by atoms with Crippen molar-refractivity contribution < 1.29 is 117 Å². The molecule has 554 valence electrons. The summed E-state index contributed by atoms with van der Waals surface area (Å²) in [6.07, 6.45) is 7.58. The summed E-state index contributed by atoms with van der Waals surface area (Å²) in [6.45, 7) is 3.44. The molecule has 0 radical (unpaired) electrons. The van der Waals surface area contributed by atoms with Gasteiger partial charge in [0.05, 0.1) is 13.2 Å². The number of carbonyl (C=O) groups excluding carboxylic acids is 3. The Morgan fingerprint density at radius 2 is 0.681 bits per heavy atom. The number of ether oxygens (including phenoxy) is 7. The summed E-state index contributed by atoms with van der Waals surface area (Å²) in [6, 6.07) is 0. The third-order valence-electron chi connectivity index (χ3n) is 18.4. The fourth-order valence-electron chi connectivity index (χ4n) is 12.3. The van der Waals surface area contributed by atoms with Gasteiger partial charge in [-0.2, -0.15) is 0 Å². The zero-order valence-corrected chi connectivity index (χ0v) is 58.4. The van der Waals surface area contributed by atoms with Gasteiger partial charge in [0.1, 0.15) is 98.7 Å². The van der Waals surface area contributed by atoms with Gasteiger partial charge in [-0.05, 0) is 19.3 Å². The van der Waals surface area contributed by atoms with Crippen molar-refractivity contribution in [1.29, 1.82) is 0 Å². The Labute approximate surface area is 561 Å². The molecule has 3 fully saturated rings. The highest BCUT2D eigenvalue weighted by Crippen LogP contribution is 2.49. The molecule has 3 aliphatic rings. The number of hydrogen-bond acceptors (Lipinski definition) is 23. The van der Waals surface area contributed by atoms with Crippen LogP contribution in [0.4, 0.5) is 0 Å². The Bertz CT molecular complexity index is 1960. The number of unbranched alkanes of at least 4 members (excludes halogenated alkanes) is 36. The minimum Gasteiger partial charge on any atom is -0.463 e. The number of phosphoric acid groups is 1. The summed E-state index contributed by atoms with van der Waals surface area (Å²) in [5.41, 5.74) is 0. The van der Waals surface area contributed by atoms with E-state index in [0.717, 1.165) is 89.9 Å². The van der Waals surface area contributed by atoms with Gasteiger partial charge in [-0.1, -0.05) is 252 Å². The van der Waals surface area contributed by atoms with Gasteiger partial charge < -0.3 is 89.1 Å². The quantitative estimate of drug-likeness (QED) is 0.0117. The highest BCUT2D eigenvalue weighted by atomic mass is 31.2. The molecule has 0 aromatic heterocycles. The number of aliphatic hydroxyl groups excluding tert-OH is 10. The normalized spacial score (nSPS) is 28.2. The van der Waals surface area contributed by atoms with Gasteiger partial charge in [-0.15, -0.1) is 0 Å². The van der Waals surface area contributed by atoms with Crippen LogP contribution in [0.3, 0.4) is 0 Å². The van der Waals surface area contributed by atoms with Crippen molar-refractivity contribution in [1.82, 2.24) is 0 Å². The van der Waals surface area contributed by atoms with Gasteiger partial charge in [-0.25, -0.2) is 4.57 Å². The first-order valence-electron chi connectivity index (χ1n) is 36.8. The molecule has 0 amide bonds. The van der Waals surface area contributed by atoms with Gasteiger partial charge in [0, 0.05) is 19.3 Å². The van der Waals surface area contributed by atoms with Gasteiger partial charge in [0.25, 0.3) is 0 Å². The lowest BCUT2D eigenvalue weighted by molar-refractivity contribution is -0.360. The molecule has 25 heteroatoms. The summed E-state index contributed by atoms with van der Waals surface area (Å²) in [4.78, 5) is 50.9. The summed E-state index contributed by atoms with van der Waals surface area (Å²) in [7, 11) is -5.69. The van der Waals surface area contributed by atoms with E-state index in [4.69, 9.17) is 42.2 Å². The highest BCUT2D eigenvalue weighted by molar-refractivity contribution is 7.47. The first kappa shape index (κ1) is 86.2. The molecule has 18 atom stereocenters. The standard InChI is InChI=1S/C69H129O24P/c1-4-7-10-13-16-19-22-25-26-27-30-32-34-37-40-43-53(71)85-47-50(88-55(73)45-42-39-36-33-29-24-21-18-15-12-9-6-3)48-87-94(83,84)93-67-65(91-68-63(81)58(76)56(74)51(46-70)89-68)61(79)60(78)62(80)66(67)92-69-64(82)59(77)57(75)52(90-69)49-86-54(72)44-41-38-35-31-28-23-20-17-14-11-8-5-2/h50-52,56-70,74-82H,4-49H2,1-3H3,(H,83,84). The molecule has 2 heterocycles. The van der Waals surface area contributed by atoms with Gasteiger partial charge in [0.15, 0.2) is 18.7 Å². The van der Waals surface area contributed by atoms with Crippen molar-refractivity contribution in [3.05, 3.63) is 0 Å². The largest absolute Gasteiger partial charge is 0.472 e. The maximum atomic E-state index is 14.3. The average molecular weight is 1370 g/mol. The molecule has 11 N–H and O–H groups in total. The topological polar surface area (TPSA) is 374 Å². The Kier molecular flexibility index (Phi) is 47.7. The SMILES string of the molecule is CCCCCCCCCCCCCCCCCC(=O)OCC(COP(=O)(O)OC1C(OC2OC(CO)C(O)C(O)C2O)C(O)C(O)C(O)C1OC1OC(COC(=O)CCCCCCCCCCCCCC)C(O)C(O)C1O)OC(=O)CCCCCCCCCCCCCC. The summed E-state index contributed by atoms with van der Waals surface area (Å²) in [5.74, 6) is -1.98. The molecule has 1 aliphatic carbocycles. The Balaban J connectivity index is 1.74. The predicted molar refractivity (Wildman–Crippen MR) is 352 cm³/mol. The van der Waals surface area contributed by atoms with E-state index in [2.05, 4.69) is 20.8 Å². The molecule has 1 saturated carbocycles. The van der Waals surface area contributed by atoms with E-state index in [-0.39, 0.29) is 19.3 Å². The van der Waals surface area contributed by atoms with Crippen LogP contribution in [0.15, 0.2) is 0 Å². The molecule has 94 heavy (non-hydrogen) atoms. The molecular formula is C69H129O24P. The van der Waals surface area contributed by atoms with Crippen LogP contribution in [0.2, 0.25) is 0 Å². The van der Waals surface area contributed by atoms with Crippen LogP contribution in [0.1, 0.15) is 290 Å². The van der Waals surface area contributed by atoms with E-state index in [1.54, 1.807) is 0 Å². The molecule has 0 bridgehead atoms. The summed E-state index contributed by atoms with van der Waals surface area (Å²) in [5, 5.41) is 110. The second kappa shape index (κ2) is 52.0. The fourth-order valence-corrected chi connectivity index (χ4v) is 13.3. The third-order valence-corrected chi connectivity index (χ3v) is 19.4.